The van der Waals surface area contributed by atoms with Crippen molar-refractivity contribution in [2.24, 2.45) is 5.92 Å². The van der Waals surface area contributed by atoms with Gasteiger partial charge in [0, 0.05) is 11.8 Å². The Kier molecular flexibility index (Phi) is 2.78. The lowest BCUT2D eigenvalue weighted by Crippen LogP contribution is -2.13. The summed E-state index contributed by atoms with van der Waals surface area (Å²) in [5, 5.41) is 3.05. The second-order valence-corrected chi connectivity index (χ2v) is 4.92. The van der Waals surface area contributed by atoms with Crippen molar-refractivity contribution in [3.63, 3.8) is 0 Å². The smallest absolute Gasteiger partial charge is 0.271 e. The number of aromatic nitrogens is 2. The van der Waals surface area contributed by atoms with Crippen molar-refractivity contribution < 1.29 is 4.39 Å². The van der Waals surface area contributed by atoms with E-state index in [0.717, 1.165) is 24.5 Å². The molecule has 4 heteroatoms. The maximum Gasteiger partial charge on any atom is 0.271 e. The van der Waals surface area contributed by atoms with Crippen molar-refractivity contribution in [3.8, 4) is 5.69 Å². The van der Waals surface area contributed by atoms with Crippen LogP contribution in [0.4, 0.5) is 4.39 Å². The summed E-state index contributed by atoms with van der Waals surface area (Å²) in [7, 11) is 0. The molecule has 1 N–H and O–H groups in total. The molecule has 1 heterocycles. The number of hydrogen-bond acceptors (Lipinski definition) is 1. The van der Waals surface area contributed by atoms with Crippen molar-refractivity contribution >= 4 is 0 Å². The molecule has 1 fully saturated rings. The predicted molar refractivity (Wildman–Crippen MR) is 67.4 cm³/mol. The van der Waals surface area contributed by atoms with Crippen LogP contribution in [0.1, 0.15) is 25.0 Å². The van der Waals surface area contributed by atoms with Gasteiger partial charge in [-0.15, -0.1) is 0 Å². The Morgan fingerprint density at radius 2 is 2.17 bits per heavy atom. The highest BCUT2D eigenvalue weighted by Crippen LogP contribution is 2.33. The second-order valence-electron chi connectivity index (χ2n) is 4.92. The molecule has 0 saturated heterocycles. The van der Waals surface area contributed by atoms with E-state index in [-0.39, 0.29) is 11.4 Å². The maximum absolute atomic E-state index is 13.1. The number of nitrogens with one attached hydrogen (secondary N) is 1. The lowest BCUT2D eigenvalue weighted by Gasteiger charge is -2.02. The molecule has 1 aromatic carbocycles. The number of aryl methyl sites for hydroxylation is 1. The Labute approximate surface area is 104 Å². The number of halogens is 1. The fourth-order valence-corrected chi connectivity index (χ4v) is 2.15. The molecule has 0 aliphatic heterocycles. The van der Waals surface area contributed by atoms with Gasteiger partial charge >= 0.3 is 0 Å². The summed E-state index contributed by atoms with van der Waals surface area (Å²) in [6, 6.07) is 7.63. The third-order valence-corrected chi connectivity index (χ3v) is 3.36. The van der Waals surface area contributed by atoms with Gasteiger partial charge < -0.3 is 0 Å². The zero-order chi connectivity index (χ0) is 12.5. The molecule has 18 heavy (non-hydrogen) atoms. The fraction of sp³-hybridized carbons (Fsp3) is 0.357. The first-order valence-corrected chi connectivity index (χ1v) is 6.29. The first kappa shape index (κ1) is 11.3. The summed E-state index contributed by atoms with van der Waals surface area (Å²) in [6.45, 7) is 0. The van der Waals surface area contributed by atoms with Crippen molar-refractivity contribution in [2.75, 3.05) is 0 Å². The van der Waals surface area contributed by atoms with Gasteiger partial charge in [-0.2, -0.15) is 0 Å². The minimum atomic E-state index is -0.339. The van der Waals surface area contributed by atoms with Gasteiger partial charge in [-0.05, 0) is 37.0 Å². The largest absolute Gasteiger partial charge is 0.295 e. The molecule has 0 unspecified atom stereocenters. The van der Waals surface area contributed by atoms with Crippen LogP contribution in [0, 0.1) is 11.7 Å². The second kappa shape index (κ2) is 4.44. The van der Waals surface area contributed by atoms with Crippen molar-refractivity contribution in [3.05, 3.63) is 52.2 Å². The molecule has 0 atom stereocenters. The highest BCUT2D eigenvalue weighted by Gasteiger charge is 2.21. The Balaban J connectivity index is 1.85. The zero-order valence-corrected chi connectivity index (χ0v) is 10.0. The van der Waals surface area contributed by atoms with Gasteiger partial charge in [-0.1, -0.05) is 18.9 Å². The van der Waals surface area contributed by atoms with Gasteiger partial charge in [0.05, 0.1) is 5.69 Å². The van der Waals surface area contributed by atoms with Crippen LogP contribution in [0.2, 0.25) is 0 Å². The summed E-state index contributed by atoms with van der Waals surface area (Å²) < 4.78 is 14.5. The summed E-state index contributed by atoms with van der Waals surface area (Å²) in [5.41, 5.74) is 1.33. The Morgan fingerprint density at radius 3 is 2.89 bits per heavy atom. The number of nitrogens with zero attached hydrogens (tertiary/aromatic N) is 1. The Hall–Kier alpha value is -1.84. The first-order valence-electron chi connectivity index (χ1n) is 6.29. The van der Waals surface area contributed by atoms with Gasteiger partial charge in [0.25, 0.3) is 5.56 Å². The summed E-state index contributed by atoms with van der Waals surface area (Å²) in [4.78, 5) is 11.8. The molecular weight excluding hydrogens is 231 g/mol. The van der Waals surface area contributed by atoms with E-state index in [9.17, 15) is 9.18 Å². The molecule has 3 rings (SSSR count). The molecule has 0 radical (unpaired) electrons. The minimum absolute atomic E-state index is 0.133. The normalized spacial score (nSPS) is 14.9. The van der Waals surface area contributed by atoms with Crippen LogP contribution in [0.15, 0.2) is 35.1 Å². The summed E-state index contributed by atoms with van der Waals surface area (Å²) in [5.74, 6) is 0.500. The third-order valence-electron chi connectivity index (χ3n) is 3.36. The van der Waals surface area contributed by atoms with Crippen molar-refractivity contribution in [1.82, 2.24) is 9.78 Å². The minimum Gasteiger partial charge on any atom is -0.295 e. The lowest BCUT2D eigenvalue weighted by molar-refractivity contribution is 0.624. The molecule has 1 aromatic heterocycles. The van der Waals surface area contributed by atoms with E-state index < -0.39 is 0 Å². The molecular formula is C14H15FN2O. The van der Waals surface area contributed by atoms with Gasteiger partial charge in [0.2, 0.25) is 0 Å². The van der Waals surface area contributed by atoms with Crippen LogP contribution in [0.5, 0.6) is 0 Å². The third kappa shape index (κ3) is 2.37. The van der Waals surface area contributed by atoms with Gasteiger partial charge in [0.15, 0.2) is 0 Å². The molecule has 94 valence electrons. The molecule has 0 amide bonds. The maximum atomic E-state index is 13.1. The molecule has 2 aromatic rings. The standard InChI is InChI=1S/C14H15FN2O/c15-11-2-1-3-13(8-11)17-14(18)9-12(16-17)7-6-10-4-5-10/h1-3,8-10,16H,4-7H2. The van der Waals surface area contributed by atoms with Crippen LogP contribution in [-0.4, -0.2) is 9.78 Å². The van der Waals surface area contributed by atoms with E-state index in [0.29, 0.717) is 5.69 Å². The van der Waals surface area contributed by atoms with E-state index in [1.165, 1.54) is 29.7 Å². The molecule has 3 nitrogen and oxygen atoms in total. The van der Waals surface area contributed by atoms with E-state index in [1.807, 2.05) is 0 Å². The number of rotatable bonds is 4. The van der Waals surface area contributed by atoms with Gasteiger partial charge in [-0.25, -0.2) is 9.07 Å². The first-order chi connectivity index (χ1) is 8.72. The van der Waals surface area contributed by atoms with Crippen LogP contribution in [0.3, 0.4) is 0 Å². The Bertz CT molecular complexity index is 610. The molecule has 1 aliphatic carbocycles. The van der Waals surface area contributed by atoms with E-state index in [4.69, 9.17) is 0 Å². The molecule has 1 aliphatic rings. The average molecular weight is 246 g/mol. The van der Waals surface area contributed by atoms with Crippen LogP contribution < -0.4 is 5.56 Å². The van der Waals surface area contributed by atoms with E-state index in [1.54, 1.807) is 18.2 Å². The monoisotopic (exact) mass is 246 g/mol. The highest BCUT2D eigenvalue weighted by molar-refractivity contribution is 5.31. The molecule has 0 spiro atoms. The SMILES string of the molecule is O=c1cc(CCC2CC2)[nH]n1-c1cccc(F)c1. The van der Waals surface area contributed by atoms with Gasteiger partial charge in [-0.3, -0.25) is 9.89 Å². The summed E-state index contributed by atoms with van der Waals surface area (Å²) >= 11 is 0. The number of aromatic amines is 1. The van der Waals surface area contributed by atoms with Crippen LogP contribution in [-0.2, 0) is 6.42 Å². The fourth-order valence-electron chi connectivity index (χ4n) is 2.15. The summed E-state index contributed by atoms with van der Waals surface area (Å²) in [6.07, 6.45) is 4.65. The number of hydrogen-bond donors (Lipinski definition) is 1. The average Bonchev–Trinajstić information content (AvgIpc) is 3.10. The van der Waals surface area contributed by atoms with Crippen molar-refractivity contribution in [2.45, 2.75) is 25.7 Å². The predicted octanol–water partition coefficient (Wildman–Crippen LogP) is 2.65. The highest BCUT2D eigenvalue weighted by atomic mass is 19.1. The lowest BCUT2D eigenvalue weighted by atomic mass is 10.2. The zero-order valence-electron chi connectivity index (χ0n) is 10.0. The van der Waals surface area contributed by atoms with E-state index in [2.05, 4.69) is 5.10 Å². The van der Waals surface area contributed by atoms with Crippen LogP contribution in [0.25, 0.3) is 5.69 Å². The molecule has 1 saturated carbocycles. The van der Waals surface area contributed by atoms with Gasteiger partial charge in [0.1, 0.15) is 5.82 Å². The Morgan fingerprint density at radius 1 is 1.33 bits per heavy atom. The van der Waals surface area contributed by atoms with Crippen molar-refractivity contribution in [1.29, 1.82) is 0 Å². The molecule has 0 bridgehead atoms. The number of H-pyrrole nitrogens is 1. The topological polar surface area (TPSA) is 37.8 Å². The van der Waals surface area contributed by atoms with Crippen LogP contribution >= 0.6 is 0 Å². The quantitative estimate of drug-likeness (QED) is 0.884. The number of benzene rings is 1. The van der Waals surface area contributed by atoms with E-state index >= 15 is 0 Å².